The molecule has 3 unspecified atom stereocenters. The van der Waals surface area contributed by atoms with Gasteiger partial charge in [-0.1, -0.05) is 49.6 Å². The van der Waals surface area contributed by atoms with Crippen molar-refractivity contribution < 1.29 is 9.90 Å². The number of hydrogen-bond donors (Lipinski definition) is 3. The van der Waals surface area contributed by atoms with Crippen molar-refractivity contribution in [1.29, 1.82) is 0 Å². The first kappa shape index (κ1) is 15.0. The third-order valence-corrected chi connectivity index (χ3v) is 4.11. The predicted octanol–water partition coefficient (Wildman–Crippen LogP) is 1.74. The van der Waals surface area contributed by atoms with Gasteiger partial charge in [0.15, 0.2) is 0 Å². The summed E-state index contributed by atoms with van der Waals surface area (Å²) in [6.07, 6.45) is 5.07. The van der Waals surface area contributed by atoms with E-state index in [1.165, 1.54) is 0 Å². The Hall–Kier alpha value is -1.39. The van der Waals surface area contributed by atoms with Crippen molar-refractivity contribution in [2.45, 2.75) is 44.2 Å². The van der Waals surface area contributed by atoms with Gasteiger partial charge in [0, 0.05) is 6.04 Å². The highest BCUT2D eigenvalue weighted by Crippen LogP contribution is 2.23. The minimum Gasteiger partial charge on any atom is -0.394 e. The first-order valence-corrected chi connectivity index (χ1v) is 7.44. The molecule has 4 heteroatoms. The van der Waals surface area contributed by atoms with Gasteiger partial charge in [-0.25, -0.2) is 0 Å². The number of aliphatic hydroxyl groups is 1. The standard InChI is InChI=1S/C16H24N2O2/c17-14-10-6-2-5-9-13(14)16(20)18-15(11-19)12-7-3-1-4-8-12/h1,3-4,7-8,13-15,19H,2,5-6,9-11,17H2,(H,18,20). The molecule has 0 aliphatic heterocycles. The van der Waals surface area contributed by atoms with Gasteiger partial charge < -0.3 is 16.2 Å². The Morgan fingerprint density at radius 2 is 1.95 bits per heavy atom. The third-order valence-electron chi connectivity index (χ3n) is 4.11. The lowest BCUT2D eigenvalue weighted by molar-refractivity contribution is -0.126. The number of nitrogens with two attached hydrogens (primary N) is 1. The second-order valence-electron chi connectivity index (χ2n) is 5.56. The highest BCUT2D eigenvalue weighted by molar-refractivity contribution is 5.79. The number of carbonyl (C=O) groups is 1. The molecule has 1 fully saturated rings. The lowest BCUT2D eigenvalue weighted by atomic mass is 9.94. The maximum absolute atomic E-state index is 12.4. The lowest BCUT2D eigenvalue weighted by Crippen LogP contribution is -2.43. The van der Waals surface area contributed by atoms with Gasteiger partial charge in [-0.2, -0.15) is 0 Å². The van der Waals surface area contributed by atoms with Crippen LogP contribution in [0.15, 0.2) is 30.3 Å². The predicted molar refractivity (Wildman–Crippen MR) is 79.0 cm³/mol. The van der Waals surface area contributed by atoms with E-state index in [1.54, 1.807) is 0 Å². The van der Waals surface area contributed by atoms with Crippen LogP contribution >= 0.6 is 0 Å². The highest BCUT2D eigenvalue weighted by Gasteiger charge is 2.28. The molecule has 1 saturated carbocycles. The first-order chi connectivity index (χ1) is 9.72. The van der Waals surface area contributed by atoms with Crippen LogP contribution in [0.2, 0.25) is 0 Å². The Labute approximate surface area is 120 Å². The zero-order valence-electron chi connectivity index (χ0n) is 11.8. The molecule has 1 aromatic carbocycles. The lowest BCUT2D eigenvalue weighted by Gasteiger charge is -2.24. The van der Waals surface area contributed by atoms with E-state index in [0.717, 1.165) is 37.7 Å². The number of nitrogens with one attached hydrogen (secondary N) is 1. The molecule has 110 valence electrons. The zero-order chi connectivity index (χ0) is 14.4. The van der Waals surface area contributed by atoms with E-state index < -0.39 is 0 Å². The van der Waals surface area contributed by atoms with Crippen molar-refractivity contribution in [1.82, 2.24) is 5.32 Å². The van der Waals surface area contributed by atoms with Crippen LogP contribution in [0.3, 0.4) is 0 Å². The van der Waals surface area contributed by atoms with Crippen LogP contribution < -0.4 is 11.1 Å². The van der Waals surface area contributed by atoms with E-state index in [-0.39, 0.29) is 30.5 Å². The summed E-state index contributed by atoms with van der Waals surface area (Å²) in [4.78, 5) is 12.4. The SMILES string of the molecule is NC1CCCCCC1C(=O)NC(CO)c1ccccc1. The number of amides is 1. The summed E-state index contributed by atoms with van der Waals surface area (Å²) in [6, 6.07) is 9.14. The molecule has 0 spiro atoms. The molecule has 1 aliphatic rings. The molecule has 0 radical (unpaired) electrons. The Balaban J connectivity index is 2.01. The van der Waals surface area contributed by atoms with Crippen molar-refractivity contribution in [2.75, 3.05) is 6.61 Å². The molecule has 0 saturated heterocycles. The van der Waals surface area contributed by atoms with Gasteiger partial charge in [-0.05, 0) is 18.4 Å². The van der Waals surface area contributed by atoms with Crippen LogP contribution in [0.5, 0.6) is 0 Å². The molecule has 1 amide bonds. The molecular formula is C16H24N2O2. The van der Waals surface area contributed by atoms with Gasteiger partial charge in [-0.3, -0.25) is 4.79 Å². The summed E-state index contributed by atoms with van der Waals surface area (Å²) in [5.41, 5.74) is 7.03. The summed E-state index contributed by atoms with van der Waals surface area (Å²) in [7, 11) is 0. The average molecular weight is 276 g/mol. The number of rotatable bonds is 4. The van der Waals surface area contributed by atoms with Crippen LogP contribution in [0.25, 0.3) is 0 Å². The van der Waals surface area contributed by atoms with E-state index in [0.29, 0.717) is 0 Å². The molecule has 0 bridgehead atoms. The maximum atomic E-state index is 12.4. The van der Waals surface area contributed by atoms with Gasteiger partial charge in [0.05, 0.1) is 18.6 Å². The number of benzene rings is 1. The second-order valence-corrected chi connectivity index (χ2v) is 5.56. The minimum absolute atomic E-state index is 0.0256. The van der Waals surface area contributed by atoms with Crippen LogP contribution in [0.4, 0.5) is 0 Å². The normalized spacial score (nSPS) is 24.7. The first-order valence-electron chi connectivity index (χ1n) is 7.44. The smallest absolute Gasteiger partial charge is 0.225 e. The van der Waals surface area contributed by atoms with Crippen LogP contribution in [0, 0.1) is 5.92 Å². The quantitative estimate of drug-likeness (QED) is 0.733. The molecule has 1 aromatic rings. The van der Waals surface area contributed by atoms with Gasteiger partial charge in [0.25, 0.3) is 0 Å². The third kappa shape index (κ3) is 3.81. The number of hydrogen-bond acceptors (Lipinski definition) is 3. The van der Waals surface area contributed by atoms with Crippen molar-refractivity contribution in [3.05, 3.63) is 35.9 Å². The zero-order valence-corrected chi connectivity index (χ0v) is 11.8. The summed E-state index contributed by atoms with van der Waals surface area (Å²) in [6.45, 7) is -0.0995. The van der Waals surface area contributed by atoms with Crippen molar-refractivity contribution >= 4 is 5.91 Å². The topological polar surface area (TPSA) is 75.4 Å². The van der Waals surface area contributed by atoms with Crippen molar-refractivity contribution in [3.63, 3.8) is 0 Å². The molecule has 1 aliphatic carbocycles. The van der Waals surface area contributed by atoms with Crippen LogP contribution in [-0.2, 0) is 4.79 Å². The van der Waals surface area contributed by atoms with Gasteiger partial charge >= 0.3 is 0 Å². The molecule has 0 aromatic heterocycles. The van der Waals surface area contributed by atoms with E-state index in [1.807, 2.05) is 30.3 Å². The van der Waals surface area contributed by atoms with Gasteiger partial charge in [0.2, 0.25) is 5.91 Å². The fourth-order valence-corrected chi connectivity index (χ4v) is 2.86. The summed E-state index contributed by atoms with van der Waals surface area (Å²) in [5.74, 6) is -0.155. The number of carbonyl (C=O) groups excluding carboxylic acids is 1. The largest absolute Gasteiger partial charge is 0.394 e. The fraction of sp³-hybridized carbons (Fsp3) is 0.562. The highest BCUT2D eigenvalue weighted by atomic mass is 16.3. The summed E-state index contributed by atoms with van der Waals surface area (Å²) in [5, 5.41) is 12.4. The summed E-state index contributed by atoms with van der Waals surface area (Å²) < 4.78 is 0. The summed E-state index contributed by atoms with van der Waals surface area (Å²) >= 11 is 0. The second kappa shape index (κ2) is 7.41. The Morgan fingerprint density at radius 1 is 1.25 bits per heavy atom. The number of aliphatic hydroxyl groups excluding tert-OH is 1. The Morgan fingerprint density at radius 3 is 2.65 bits per heavy atom. The molecule has 3 atom stereocenters. The van der Waals surface area contributed by atoms with Crippen molar-refractivity contribution in [2.24, 2.45) is 11.7 Å². The molecule has 0 heterocycles. The molecule has 4 nitrogen and oxygen atoms in total. The maximum Gasteiger partial charge on any atom is 0.225 e. The monoisotopic (exact) mass is 276 g/mol. The average Bonchev–Trinajstić information content (AvgIpc) is 2.70. The van der Waals surface area contributed by atoms with E-state index in [2.05, 4.69) is 5.32 Å². The molecule has 4 N–H and O–H groups in total. The molecular weight excluding hydrogens is 252 g/mol. The van der Waals surface area contributed by atoms with E-state index in [4.69, 9.17) is 5.73 Å². The molecule has 2 rings (SSSR count). The van der Waals surface area contributed by atoms with Crippen LogP contribution in [0.1, 0.15) is 43.7 Å². The Bertz CT molecular complexity index is 422. The molecule has 20 heavy (non-hydrogen) atoms. The van der Waals surface area contributed by atoms with E-state index >= 15 is 0 Å². The van der Waals surface area contributed by atoms with Gasteiger partial charge in [0.1, 0.15) is 0 Å². The van der Waals surface area contributed by atoms with Gasteiger partial charge in [-0.15, -0.1) is 0 Å². The Kier molecular flexibility index (Phi) is 5.56. The van der Waals surface area contributed by atoms with Crippen molar-refractivity contribution in [3.8, 4) is 0 Å². The van der Waals surface area contributed by atoms with E-state index in [9.17, 15) is 9.90 Å². The van der Waals surface area contributed by atoms with Crippen LogP contribution in [-0.4, -0.2) is 23.7 Å². The fourth-order valence-electron chi connectivity index (χ4n) is 2.86. The minimum atomic E-state index is -0.348.